The number of halogens is 1. The molecule has 0 radical (unpaired) electrons. The molecule has 20 heavy (non-hydrogen) atoms. The SMILES string of the molecule is CC1(C)CCc2nnc(COc3ccc(Cl)cc3)n2C1. The molecule has 106 valence electrons. The molecule has 0 saturated carbocycles. The number of hydrogen-bond donors (Lipinski definition) is 0. The van der Waals surface area contributed by atoms with Gasteiger partial charge in [0, 0.05) is 18.0 Å². The van der Waals surface area contributed by atoms with Crippen LogP contribution in [0.1, 0.15) is 31.9 Å². The maximum Gasteiger partial charge on any atom is 0.171 e. The molecule has 1 aromatic carbocycles. The molecule has 4 nitrogen and oxygen atoms in total. The van der Waals surface area contributed by atoms with Crippen LogP contribution < -0.4 is 4.74 Å². The predicted molar refractivity (Wildman–Crippen MR) is 77.9 cm³/mol. The van der Waals surface area contributed by atoms with E-state index in [1.165, 1.54) is 0 Å². The lowest BCUT2D eigenvalue weighted by molar-refractivity contribution is 0.227. The van der Waals surface area contributed by atoms with Gasteiger partial charge in [-0.3, -0.25) is 0 Å². The van der Waals surface area contributed by atoms with Crippen molar-refractivity contribution in [2.45, 2.75) is 39.8 Å². The number of rotatable bonds is 3. The molecule has 0 unspecified atom stereocenters. The van der Waals surface area contributed by atoms with Crippen LogP contribution >= 0.6 is 11.6 Å². The second kappa shape index (κ2) is 5.09. The summed E-state index contributed by atoms with van der Waals surface area (Å²) in [5, 5.41) is 9.23. The summed E-state index contributed by atoms with van der Waals surface area (Å²) in [6, 6.07) is 7.36. The van der Waals surface area contributed by atoms with Crippen LogP contribution in [0.5, 0.6) is 5.75 Å². The Morgan fingerprint density at radius 3 is 2.75 bits per heavy atom. The lowest BCUT2D eigenvalue weighted by atomic mass is 9.85. The number of nitrogens with zero attached hydrogens (tertiary/aromatic N) is 3. The van der Waals surface area contributed by atoms with Crippen LogP contribution in [0.15, 0.2) is 24.3 Å². The van der Waals surface area contributed by atoms with Crippen LogP contribution in [0.4, 0.5) is 0 Å². The van der Waals surface area contributed by atoms with Gasteiger partial charge in [0.15, 0.2) is 5.82 Å². The third-order valence-electron chi connectivity index (χ3n) is 3.70. The number of fused-ring (bicyclic) bond motifs is 1. The Morgan fingerprint density at radius 1 is 1.25 bits per heavy atom. The van der Waals surface area contributed by atoms with E-state index in [-0.39, 0.29) is 0 Å². The second-order valence-electron chi connectivity index (χ2n) is 6.03. The second-order valence-corrected chi connectivity index (χ2v) is 6.46. The highest BCUT2D eigenvalue weighted by atomic mass is 35.5. The number of ether oxygens (including phenoxy) is 1. The molecular weight excluding hydrogens is 274 g/mol. The highest BCUT2D eigenvalue weighted by Crippen LogP contribution is 2.30. The molecule has 0 fully saturated rings. The summed E-state index contributed by atoms with van der Waals surface area (Å²) in [6.45, 7) is 5.94. The molecule has 0 amide bonds. The average Bonchev–Trinajstić information content (AvgIpc) is 2.79. The average molecular weight is 292 g/mol. The lowest BCUT2D eigenvalue weighted by Crippen LogP contribution is -2.28. The molecule has 0 saturated heterocycles. The van der Waals surface area contributed by atoms with Crippen LogP contribution in [0.3, 0.4) is 0 Å². The molecule has 0 N–H and O–H groups in total. The number of aromatic nitrogens is 3. The van der Waals surface area contributed by atoms with Crippen molar-refractivity contribution in [3.8, 4) is 5.75 Å². The fourth-order valence-corrected chi connectivity index (χ4v) is 2.61. The summed E-state index contributed by atoms with van der Waals surface area (Å²) in [4.78, 5) is 0. The Kier molecular flexibility index (Phi) is 3.42. The Hall–Kier alpha value is -1.55. The summed E-state index contributed by atoms with van der Waals surface area (Å²) in [7, 11) is 0. The van der Waals surface area contributed by atoms with Gasteiger partial charge in [-0.25, -0.2) is 0 Å². The zero-order chi connectivity index (χ0) is 14.2. The van der Waals surface area contributed by atoms with Gasteiger partial charge in [0.2, 0.25) is 0 Å². The van der Waals surface area contributed by atoms with Crippen LogP contribution in [-0.4, -0.2) is 14.8 Å². The van der Waals surface area contributed by atoms with E-state index in [0.717, 1.165) is 36.8 Å². The minimum absolute atomic E-state index is 0.296. The molecule has 2 aromatic rings. The van der Waals surface area contributed by atoms with Gasteiger partial charge in [-0.15, -0.1) is 10.2 Å². The molecule has 0 spiro atoms. The molecule has 3 rings (SSSR count). The van der Waals surface area contributed by atoms with E-state index in [1.54, 1.807) is 0 Å². The Morgan fingerprint density at radius 2 is 2.00 bits per heavy atom. The largest absolute Gasteiger partial charge is 0.486 e. The van der Waals surface area contributed by atoms with Gasteiger partial charge in [-0.05, 0) is 36.1 Å². The standard InChI is InChI=1S/C15H18ClN3O/c1-15(2)8-7-13-17-18-14(19(13)10-15)9-20-12-5-3-11(16)4-6-12/h3-6H,7-10H2,1-2H3. The Balaban J connectivity index is 1.73. The van der Waals surface area contributed by atoms with Crippen molar-refractivity contribution in [3.63, 3.8) is 0 Å². The van der Waals surface area contributed by atoms with Gasteiger partial charge in [-0.2, -0.15) is 0 Å². The van der Waals surface area contributed by atoms with Crippen molar-refractivity contribution in [1.82, 2.24) is 14.8 Å². The first-order valence-electron chi connectivity index (χ1n) is 6.83. The quantitative estimate of drug-likeness (QED) is 0.869. The maximum absolute atomic E-state index is 5.86. The first kappa shape index (κ1) is 13.4. The van der Waals surface area contributed by atoms with E-state index in [9.17, 15) is 0 Å². The molecule has 1 aromatic heterocycles. The van der Waals surface area contributed by atoms with Crippen molar-refractivity contribution in [2.24, 2.45) is 5.41 Å². The molecule has 5 heteroatoms. The van der Waals surface area contributed by atoms with Gasteiger partial charge in [0.1, 0.15) is 18.2 Å². The van der Waals surface area contributed by atoms with Gasteiger partial charge >= 0.3 is 0 Å². The maximum atomic E-state index is 5.86. The van der Waals surface area contributed by atoms with Gasteiger partial charge < -0.3 is 9.30 Å². The number of aryl methyl sites for hydroxylation is 1. The van der Waals surface area contributed by atoms with E-state index < -0.39 is 0 Å². The molecule has 1 aliphatic heterocycles. The third kappa shape index (κ3) is 2.80. The van der Waals surface area contributed by atoms with Crippen molar-refractivity contribution in [2.75, 3.05) is 0 Å². The number of hydrogen-bond acceptors (Lipinski definition) is 3. The molecule has 1 aliphatic rings. The summed E-state index contributed by atoms with van der Waals surface area (Å²) in [6.07, 6.45) is 2.14. The fourth-order valence-electron chi connectivity index (χ4n) is 2.48. The van der Waals surface area contributed by atoms with Crippen molar-refractivity contribution in [3.05, 3.63) is 40.9 Å². The van der Waals surface area contributed by atoms with Crippen molar-refractivity contribution < 1.29 is 4.74 Å². The molecule has 0 bridgehead atoms. The summed E-state index contributed by atoms with van der Waals surface area (Å²) in [5.41, 5.74) is 0.296. The summed E-state index contributed by atoms with van der Waals surface area (Å²) in [5.74, 6) is 2.75. The monoisotopic (exact) mass is 291 g/mol. The van der Waals surface area contributed by atoms with Crippen LogP contribution in [-0.2, 0) is 19.6 Å². The molecular formula is C15H18ClN3O. The van der Waals surface area contributed by atoms with Crippen LogP contribution in [0, 0.1) is 5.41 Å². The zero-order valence-electron chi connectivity index (χ0n) is 11.8. The lowest BCUT2D eigenvalue weighted by Gasteiger charge is -2.30. The first-order chi connectivity index (χ1) is 9.53. The molecule has 0 aliphatic carbocycles. The van der Waals surface area contributed by atoms with Crippen molar-refractivity contribution in [1.29, 1.82) is 0 Å². The van der Waals surface area contributed by atoms with Gasteiger partial charge in [0.25, 0.3) is 0 Å². The van der Waals surface area contributed by atoms with Crippen molar-refractivity contribution >= 4 is 11.6 Å². The fraction of sp³-hybridized carbons (Fsp3) is 0.467. The third-order valence-corrected chi connectivity index (χ3v) is 3.95. The van der Waals surface area contributed by atoms with Gasteiger partial charge in [0.05, 0.1) is 0 Å². The van der Waals surface area contributed by atoms with E-state index in [1.807, 2.05) is 24.3 Å². The summed E-state index contributed by atoms with van der Waals surface area (Å²) >= 11 is 5.86. The first-order valence-corrected chi connectivity index (χ1v) is 7.21. The Labute approximate surface area is 123 Å². The molecule has 0 atom stereocenters. The summed E-state index contributed by atoms with van der Waals surface area (Å²) < 4.78 is 7.95. The predicted octanol–water partition coefficient (Wildman–Crippen LogP) is 3.48. The number of benzene rings is 1. The zero-order valence-corrected chi connectivity index (χ0v) is 12.5. The minimum atomic E-state index is 0.296. The minimum Gasteiger partial charge on any atom is -0.486 e. The normalized spacial score (nSPS) is 16.8. The Bertz CT molecular complexity index is 604. The topological polar surface area (TPSA) is 39.9 Å². The van der Waals surface area contributed by atoms with E-state index >= 15 is 0 Å². The van der Waals surface area contributed by atoms with E-state index in [4.69, 9.17) is 16.3 Å². The van der Waals surface area contributed by atoms with Crippen LogP contribution in [0.2, 0.25) is 5.02 Å². The molecule has 2 heterocycles. The highest BCUT2D eigenvalue weighted by molar-refractivity contribution is 6.30. The highest BCUT2D eigenvalue weighted by Gasteiger charge is 2.28. The van der Waals surface area contributed by atoms with E-state index in [2.05, 4.69) is 28.6 Å². The van der Waals surface area contributed by atoms with E-state index in [0.29, 0.717) is 17.0 Å². The van der Waals surface area contributed by atoms with Crippen LogP contribution in [0.25, 0.3) is 0 Å². The van der Waals surface area contributed by atoms with Gasteiger partial charge in [-0.1, -0.05) is 25.4 Å². The smallest absolute Gasteiger partial charge is 0.171 e.